The molecule has 6 bridgehead atoms. The van der Waals surface area contributed by atoms with Crippen LogP contribution in [0.4, 0.5) is 0 Å². The summed E-state index contributed by atoms with van der Waals surface area (Å²) >= 11 is 0. The molecule has 3 nitrogen and oxygen atoms in total. The van der Waals surface area contributed by atoms with Gasteiger partial charge in [0.2, 0.25) is 0 Å². The molecule has 0 heterocycles. The van der Waals surface area contributed by atoms with Crippen LogP contribution in [0.25, 0.3) is 0 Å². The van der Waals surface area contributed by atoms with Crippen molar-refractivity contribution in [3.8, 4) is 0 Å². The van der Waals surface area contributed by atoms with E-state index < -0.39 is 0 Å². The third kappa shape index (κ3) is 0.615. The van der Waals surface area contributed by atoms with Crippen LogP contribution in [0.3, 0.4) is 0 Å². The van der Waals surface area contributed by atoms with E-state index in [2.05, 4.69) is 0 Å². The van der Waals surface area contributed by atoms with Crippen LogP contribution in [0.2, 0.25) is 0 Å². The molecule has 7 unspecified atom stereocenters. The molecule has 7 atom stereocenters. The summed E-state index contributed by atoms with van der Waals surface area (Å²) in [6.45, 7) is 0. The molecule has 0 N–H and O–H groups in total. The SMILES string of the molecule is COC(=O)C12C3CC4C(CC(OC)C41)C32. The van der Waals surface area contributed by atoms with E-state index in [9.17, 15) is 4.79 Å². The Kier molecular flexibility index (Phi) is 1.28. The molecular weight excluding hydrogens is 192 g/mol. The molecule has 0 spiro atoms. The standard InChI is InChI=1S/C12H16O3/c1-14-8-4-6-5-3-7-9(6)12(7,10(5)8)11(13)15-2/h5-10H,3-4H2,1-2H3. The first kappa shape index (κ1) is 8.57. The van der Waals surface area contributed by atoms with Gasteiger partial charge in [0.15, 0.2) is 0 Å². The molecule has 0 aromatic rings. The van der Waals surface area contributed by atoms with Gasteiger partial charge in [0.25, 0.3) is 0 Å². The van der Waals surface area contributed by atoms with Crippen molar-refractivity contribution in [3.63, 3.8) is 0 Å². The molecule has 82 valence electrons. The summed E-state index contributed by atoms with van der Waals surface area (Å²) in [5, 5.41) is 0. The van der Waals surface area contributed by atoms with Crippen molar-refractivity contribution in [2.75, 3.05) is 14.2 Å². The fraction of sp³-hybridized carbons (Fsp3) is 0.917. The van der Waals surface area contributed by atoms with E-state index in [0.717, 1.165) is 11.8 Å². The third-order valence-corrected chi connectivity index (χ3v) is 5.79. The van der Waals surface area contributed by atoms with Crippen LogP contribution in [-0.4, -0.2) is 26.3 Å². The van der Waals surface area contributed by atoms with E-state index in [-0.39, 0.29) is 11.4 Å². The number of methoxy groups -OCH3 is 2. The highest BCUT2D eigenvalue weighted by Crippen LogP contribution is 2.88. The predicted octanol–water partition coefficient (Wildman–Crippen LogP) is 1.08. The molecule has 5 aliphatic carbocycles. The maximum atomic E-state index is 12.0. The highest BCUT2D eigenvalue weighted by Gasteiger charge is 2.90. The normalized spacial score (nSPS) is 62.3. The zero-order chi connectivity index (χ0) is 10.4. The van der Waals surface area contributed by atoms with Crippen LogP contribution in [-0.2, 0) is 14.3 Å². The van der Waals surface area contributed by atoms with Crippen LogP contribution in [0, 0.1) is 35.0 Å². The zero-order valence-electron chi connectivity index (χ0n) is 9.10. The molecule has 15 heavy (non-hydrogen) atoms. The Morgan fingerprint density at radius 1 is 1.20 bits per heavy atom. The van der Waals surface area contributed by atoms with E-state index in [1.54, 1.807) is 7.11 Å². The first-order chi connectivity index (χ1) is 7.26. The minimum absolute atomic E-state index is 0.0502. The Labute approximate surface area is 89.1 Å². The number of rotatable bonds is 2. The van der Waals surface area contributed by atoms with E-state index >= 15 is 0 Å². The van der Waals surface area contributed by atoms with Gasteiger partial charge >= 0.3 is 5.97 Å². The number of hydrogen-bond donors (Lipinski definition) is 0. The highest BCUT2D eigenvalue weighted by molar-refractivity contribution is 5.84. The van der Waals surface area contributed by atoms with Gasteiger partial charge in [-0.05, 0) is 36.5 Å². The smallest absolute Gasteiger partial charge is 0.312 e. The molecular formula is C12H16O3. The van der Waals surface area contributed by atoms with Crippen LogP contribution >= 0.6 is 0 Å². The first-order valence-electron chi connectivity index (χ1n) is 5.88. The zero-order valence-corrected chi connectivity index (χ0v) is 9.10. The molecule has 0 aromatic carbocycles. The van der Waals surface area contributed by atoms with Crippen LogP contribution < -0.4 is 0 Å². The number of carbonyl (C=O) groups excluding carboxylic acids is 1. The average Bonchev–Trinajstić information content (AvgIpc) is 2.68. The van der Waals surface area contributed by atoms with Crippen molar-refractivity contribution >= 4 is 5.97 Å². The van der Waals surface area contributed by atoms with E-state index in [1.165, 1.54) is 20.0 Å². The predicted molar refractivity (Wildman–Crippen MR) is 51.9 cm³/mol. The number of carbonyl (C=O) groups is 1. The van der Waals surface area contributed by atoms with Crippen molar-refractivity contribution in [2.45, 2.75) is 18.9 Å². The lowest BCUT2D eigenvalue weighted by Crippen LogP contribution is -2.35. The molecule has 5 saturated carbocycles. The van der Waals surface area contributed by atoms with Gasteiger partial charge in [-0.2, -0.15) is 0 Å². The molecule has 3 heteroatoms. The Morgan fingerprint density at radius 3 is 2.53 bits per heavy atom. The quantitative estimate of drug-likeness (QED) is 0.637. The van der Waals surface area contributed by atoms with E-state index in [0.29, 0.717) is 23.9 Å². The Hall–Kier alpha value is -0.570. The van der Waals surface area contributed by atoms with Gasteiger partial charge in [-0.25, -0.2) is 0 Å². The number of hydrogen-bond acceptors (Lipinski definition) is 3. The summed E-state index contributed by atoms with van der Waals surface area (Å²) in [6, 6.07) is 0. The van der Waals surface area contributed by atoms with Crippen LogP contribution in [0.15, 0.2) is 0 Å². The average molecular weight is 208 g/mol. The van der Waals surface area contributed by atoms with Crippen LogP contribution in [0.5, 0.6) is 0 Å². The first-order valence-corrected chi connectivity index (χ1v) is 5.88. The molecule has 5 rings (SSSR count). The second kappa shape index (κ2) is 2.24. The molecule has 0 saturated heterocycles. The van der Waals surface area contributed by atoms with Crippen molar-refractivity contribution in [2.24, 2.45) is 35.0 Å². The van der Waals surface area contributed by atoms with Crippen LogP contribution in [0.1, 0.15) is 12.8 Å². The Bertz CT molecular complexity index is 353. The second-order valence-corrected chi connectivity index (χ2v) is 5.66. The lowest BCUT2D eigenvalue weighted by Gasteiger charge is -2.27. The highest BCUT2D eigenvalue weighted by atomic mass is 16.5. The van der Waals surface area contributed by atoms with Crippen molar-refractivity contribution < 1.29 is 14.3 Å². The monoisotopic (exact) mass is 208 g/mol. The topological polar surface area (TPSA) is 35.5 Å². The summed E-state index contributed by atoms with van der Waals surface area (Å²) < 4.78 is 10.6. The molecule has 0 aliphatic heterocycles. The van der Waals surface area contributed by atoms with Crippen molar-refractivity contribution in [3.05, 3.63) is 0 Å². The molecule has 0 aromatic heterocycles. The molecule has 5 fully saturated rings. The largest absolute Gasteiger partial charge is 0.469 e. The van der Waals surface area contributed by atoms with Gasteiger partial charge in [0.1, 0.15) is 0 Å². The van der Waals surface area contributed by atoms with Gasteiger partial charge < -0.3 is 9.47 Å². The van der Waals surface area contributed by atoms with E-state index in [4.69, 9.17) is 9.47 Å². The summed E-state index contributed by atoms with van der Waals surface area (Å²) in [7, 11) is 3.31. The van der Waals surface area contributed by atoms with Crippen molar-refractivity contribution in [1.82, 2.24) is 0 Å². The maximum Gasteiger partial charge on any atom is 0.312 e. The Balaban J connectivity index is 1.78. The molecule has 0 amide bonds. The molecule has 5 aliphatic rings. The number of esters is 1. The van der Waals surface area contributed by atoms with Gasteiger partial charge in [0.05, 0.1) is 18.6 Å². The summed E-state index contributed by atoms with van der Waals surface area (Å²) in [5.41, 5.74) is -0.0942. The minimum Gasteiger partial charge on any atom is -0.469 e. The second-order valence-electron chi connectivity index (χ2n) is 5.66. The van der Waals surface area contributed by atoms with Gasteiger partial charge in [-0.3, -0.25) is 4.79 Å². The maximum absolute atomic E-state index is 12.0. The summed E-state index contributed by atoms with van der Waals surface area (Å²) in [4.78, 5) is 12.0. The lowest BCUT2D eigenvalue weighted by molar-refractivity contribution is -0.152. The fourth-order valence-corrected chi connectivity index (χ4v) is 5.64. The molecule has 0 radical (unpaired) electrons. The fourth-order valence-electron chi connectivity index (χ4n) is 5.64. The van der Waals surface area contributed by atoms with Gasteiger partial charge in [0, 0.05) is 13.0 Å². The summed E-state index contributed by atoms with van der Waals surface area (Å²) in [6.07, 6.45) is 2.77. The summed E-state index contributed by atoms with van der Waals surface area (Å²) in [5.74, 6) is 3.37. The van der Waals surface area contributed by atoms with E-state index in [1.807, 2.05) is 0 Å². The number of ether oxygens (including phenoxy) is 2. The lowest BCUT2D eigenvalue weighted by atomic mass is 9.85. The Morgan fingerprint density at radius 2 is 1.93 bits per heavy atom. The third-order valence-electron chi connectivity index (χ3n) is 5.79. The minimum atomic E-state index is -0.0942. The van der Waals surface area contributed by atoms with Gasteiger partial charge in [-0.15, -0.1) is 0 Å². The van der Waals surface area contributed by atoms with Gasteiger partial charge in [-0.1, -0.05) is 0 Å². The van der Waals surface area contributed by atoms with Crippen molar-refractivity contribution in [1.29, 1.82) is 0 Å².